The number of methoxy groups -OCH3 is 2. The molecular weight excluding hydrogens is 250 g/mol. The third-order valence-corrected chi connectivity index (χ3v) is 3.83. The van der Waals surface area contributed by atoms with Gasteiger partial charge < -0.3 is 14.8 Å². The van der Waals surface area contributed by atoms with Gasteiger partial charge in [0.25, 0.3) is 0 Å². The second kappa shape index (κ2) is 6.53. The van der Waals surface area contributed by atoms with E-state index >= 15 is 0 Å². The van der Waals surface area contributed by atoms with Gasteiger partial charge in [-0.05, 0) is 36.5 Å². The molecule has 1 aliphatic rings. The predicted molar refractivity (Wildman–Crippen MR) is 73.0 cm³/mol. The van der Waals surface area contributed by atoms with E-state index in [9.17, 15) is 0 Å². The molecule has 1 N–H and O–H groups in total. The van der Waals surface area contributed by atoms with Crippen molar-refractivity contribution in [2.75, 3.05) is 20.8 Å². The Kier molecular flexibility index (Phi) is 5.01. The van der Waals surface area contributed by atoms with Crippen LogP contribution >= 0.6 is 11.6 Å². The molecule has 0 bridgehead atoms. The summed E-state index contributed by atoms with van der Waals surface area (Å²) in [7, 11) is 3.32. The fourth-order valence-electron chi connectivity index (χ4n) is 2.32. The molecule has 3 nitrogen and oxygen atoms in total. The first-order valence-corrected chi connectivity index (χ1v) is 6.65. The Hall–Kier alpha value is -0.610. The molecule has 18 heavy (non-hydrogen) atoms. The average Bonchev–Trinajstić information content (AvgIpc) is 2.34. The monoisotopic (exact) mass is 269 g/mol. The molecular formula is C14H20ClNO2. The fourth-order valence-corrected chi connectivity index (χ4v) is 2.44. The van der Waals surface area contributed by atoms with Crippen molar-refractivity contribution in [2.45, 2.75) is 31.1 Å². The van der Waals surface area contributed by atoms with E-state index in [-0.39, 0.29) is 6.29 Å². The molecule has 0 atom stereocenters. The van der Waals surface area contributed by atoms with Crippen LogP contribution in [0.5, 0.6) is 0 Å². The number of benzene rings is 1. The van der Waals surface area contributed by atoms with E-state index in [1.807, 2.05) is 12.1 Å². The molecule has 1 aromatic rings. The van der Waals surface area contributed by atoms with Gasteiger partial charge in [0.05, 0.1) is 0 Å². The van der Waals surface area contributed by atoms with Crippen LogP contribution in [-0.4, -0.2) is 33.1 Å². The highest BCUT2D eigenvalue weighted by Crippen LogP contribution is 2.37. The summed E-state index contributed by atoms with van der Waals surface area (Å²) in [4.78, 5) is 0. The molecule has 0 heterocycles. The second-order valence-corrected chi connectivity index (χ2v) is 5.16. The second-order valence-electron chi connectivity index (χ2n) is 4.73. The van der Waals surface area contributed by atoms with Crippen molar-refractivity contribution in [3.63, 3.8) is 0 Å². The van der Waals surface area contributed by atoms with E-state index in [4.69, 9.17) is 21.1 Å². The van der Waals surface area contributed by atoms with Gasteiger partial charge in [0.1, 0.15) is 0 Å². The van der Waals surface area contributed by atoms with Crippen LogP contribution in [0.3, 0.4) is 0 Å². The van der Waals surface area contributed by atoms with Crippen molar-refractivity contribution >= 4 is 11.6 Å². The Bertz CT molecular complexity index is 359. The molecule has 1 aliphatic carbocycles. The number of hydrogen-bond donors (Lipinski definition) is 1. The lowest BCUT2D eigenvalue weighted by atomic mass is 9.76. The summed E-state index contributed by atoms with van der Waals surface area (Å²) in [5.74, 6) is 0.656. The maximum Gasteiger partial charge on any atom is 0.169 e. The minimum absolute atomic E-state index is 0.153. The summed E-state index contributed by atoms with van der Waals surface area (Å²) in [5.41, 5.74) is 1.38. The molecule has 0 spiro atoms. The number of rotatable bonds is 6. The molecule has 0 amide bonds. The summed E-state index contributed by atoms with van der Waals surface area (Å²) in [6.45, 7) is 0.741. The van der Waals surface area contributed by atoms with Crippen LogP contribution in [0.2, 0.25) is 5.02 Å². The van der Waals surface area contributed by atoms with Crippen molar-refractivity contribution in [3.8, 4) is 0 Å². The minimum atomic E-state index is -0.153. The highest BCUT2D eigenvalue weighted by Gasteiger charge is 2.30. The van der Waals surface area contributed by atoms with Crippen LogP contribution in [0.1, 0.15) is 24.3 Å². The summed E-state index contributed by atoms with van der Waals surface area (Å²) in [6.07, 6.45) is 2.18. The Morgan fingerprint density at radius 3 is 2.39 bits per heavy atom. The van der Waals surface area contributed by atoms with Crippen molar-refractivity contribution in [3.05, 3.63) is 34.9 Å². The maximum absolute atomic E-state index is 5.88. The van der Waals surface area contributed by atoms with Gasteiger partial charge in [0.2, 0.25) is 0 Å². The Labute approximate surface area is 113 Å². The van der Waals surface area contributed by atoms with E-state index in [0.717, 1.165) is 11.6 Å². The molecule has 0 unspecified atom stereocenters. The highest BCUT2D eigenvalue weighted by atomic mass is 35.5. The van der Waals surface area contributed by atoms with E-state index in [0.29, 0.717) is 12.0 Å². The third kappa shape index (κ3) is 3.45. The van der Waals surface area contributed by atoms with Crippen molar-refractivity contribution in [1.82, 2.24) is 5.32 Å². The Morgan fingerprint density at radius 1 is 1.22 bits per heavy atom. The van der Waals surface area contributed by atoms with Gasteiger partial charge in [-0.1, -0.05) is 23.7 Å². The Morgan fingerprint density at radius 2 is 1.83 bits per heavy atom. The number of halogens is 1. The van der Waals surface area contributed by atoms with Crippen LogP contribution in [-0.2, 0) is 9.47 Å². The molecule has 0 aliphatic heterocycles. The molecule has 2 rings (SSSR count). The summed E-state index contributed by atoms with van der Waals surface area (Å²) < 4.78 is 10.3. The van der Waals surface area contributed by atoms with E-state index in [1.54, 1.807) is 14.2 Å². The van der Waals surface area contributed by atoms with Gasteiger partial charge in [0, 0.05) is 31.8 Å². The zero-order valence-corrected chi connectivity index (χ0v) is 11.6. The van der Waals surface area contributed by atoms with Crippen LogP contribution in [0.25, 0.3) is 0 Å². The first-order chi connectivity index (χ1) is 8.72. The lowest BCUT2D eigenvalue weighted by Gasteiger charge is -2.37. The minimum Gasteiger partial charge on any atom is -0.355 e. The quantitative estimate of drug-likeness (QED) is 0.806. The van der Waals surface area contributed by atoms with Crippen molar-refractivity contribution in [2.24, 2.45) is 0 Å². The number of hydrogen-bond acceptors (Lipinski definition) is 3. The fraction of sp³-hybridized carbons (Fsp3) is 0.571. The van der Waals surface area contributed by atoms with Crippen molar-refractivity contribution < 1.29 is 9.47 Å². The summed E-state index contributed by atoms with van der Waals surface area (Å²) in [5, 5.41) is 4.26. The molecule has 1 saturated carbocycles. The van der Waals surface area contributed by atoms with Gasteiger partial charge in [0.15, 0.2) is 6.29 Å². The first-order valence-electron chi connectivity index (χ1n) is 6.27. The zero-order chi connectivity index (χ0) is 13.0. The van der Waals surface area contributed by atoms with Gasteiger partial charge >= 0.3 is 0 Å². The topological polar surface area (TPSA) is 30.5 Å². The average molecular weight is 270 g/mol. The van der Waals surface area contributed by atoms with Crippen molar-refractivity contribution in [1.29, 1.82) is 0 Å². The normalized spacial score (nSPS) is 23.1. The van der Waals surface area contributed by atoms with Crippen LogP contribution < -0.4 is 5.32 Å². The summed E-state index contributed by atoms with van der Waals surface area (Å²) in [6, 6.07) is 8.73. The SMILES string of the molecule is COC(CNC1CC(c2ccc(Cl)cc2)C1)OC. The van der Waals surface area contributed by atoms with E-state index in [2.05, 4.69) is 17.4 Å². The largest absolute Gasteiger partial charge is 0.355 e. The standard InChI is InChI=1S/C14H20ClNO2/c1-17-14(18-2)9-16-13-7-11(8-13)10-3-5-12(15)6-4-10/h3-6,11,13-14,16H,7-9H2,1-2H3. The molecule has 0 aromatic heterocycles. The molecule has 1 fully saturated rings. The van der Waals surface area contributed by atoms with E-state index in [1.165, 1.54) is 18.4 Å². The first kappa shape index (κ1) is 13.8. The molecule has 100 valence electrons. The van der Waals surface area contributed by atoms with Gasteiger partial charge in [-0.2, -0.15) is 0 Å². The molecule has 4 heteroatoms. The lowest BCUT2D eigenvalue weighted by molar-refractivity contribution is -0.101. The maximum atomic E-state index is 5.88. The van der Waals surface area contributed by atoms with Gasteiger partial charge in [-0.25, -0.2) is 0 Å². The molecule has 1 aromatic carbocycles. The molecule has 0 radical (unpaired) electrons. The van der Waals surface area contributed by atoms with Gasteiger partial charge in [-0.15, -0.1) is 0 Å². The Balaban J connectivity index is 1.72. The molecule has 0 saturated heterocycles. The van der Waals surface area contributed by atoms with Crippen LogP contribution in [0.4, 0.5) is 0 Å². The zero-order valence-electron chi connectivity index (χ0n) is 10.9. The lowest BCUT2D eigenvalue weighted by Crippen LogP contribution is -2.44. The smallest absolute Gasteiger partial charge is 0.169 e. The number of nitrogens with one attached hydrogen (secondary N) is 1. The highest BCUT2D eigenvalue weighted by molar-refractivity contribution is 6.30. The number of ether oxygens (including phenoxy) is 2. The van der Waals surface area contributed by atoms with Gasteiger partial charge in [-0.3, -0.25) is 0 Å². The van der Waals surface area contributed by atoms with E-state index < -0.39 is 0 Å². The predicted octanol–water partition coefficient (Wildman–Crippen LogP) is 2.79. The van der Waals surface area contributed by atoms with Crippen LogP contribution in [0.15, 0.2) is 24.3 Å². The summed E-state index contributed by atoms with van der Waals surface area (Å²) >= 11 is 5.88. The third-order valence-electron chi connectivity index (χ3n) is 3.58. The van der Waals surface area contributed by atoms with Crippen LogP contribution in [0, 0.1) is 0 Å².